The van der Waals surface area contributed by atoms with Gasteiger partial charge in [0.05, 0.1) is 6.04 Å². The highest BCUT2D eigenvalue weighted by atomic mass is 35.5. The monoisotopic (exact) mass is 216 g/mol. The van der Waals surface area contributed by atoms with Crippen molar-refractivity contribution >= 4 is 27.0 Å². The van der Waals surface area contributed by atoms with Gasteiger partial charge in [0.1, 0.15) is 0 Å². The van der Waals surface area contributed by atoms with Gasteiger partial charge >= 0.3 is 11.4 Å². The molecule has 7 heteroatoms. The summed E-state index contributed by atoms with van der Waals surface area (Å²) in [4.78, 5) is 10.8. The Hall–Kier alpha value is -0.150. The number of alkyl halides is 3. The van der Waals surface area contributed by atoms with Crippen molar-refractivity contribution in [3.8, 4) is 0 Å². The summed E-state index contributed by atoms with van der Waals surface area (Å²) in [5.74, 6) is 0. The van der Waals surface area contributed by atoms with E-state index in [2.05, 4.69) is 14.7 Å². The number of carbonyl (C=O) groups is 1. The minimum absolute atomic E-state index is 0.242. The lowest BCUT2D eigenvalue weighted by molar-refractivity contribution is 0.0768. The number of nitrogens with one attached hydrogen (secondary N) is 1. The van der Waals surface area contributed by atoms with E-state index < -0.39 is 17.8 Å². The number of rotatable bonds is 2. The van der Waals surface area contributed by atoms with E-state index in [0.717, 1.165) is 0 Å². The summed E-state index contributed by atoms with van der Waals surface area (Å²) in [6.07, 6.45) is -0.537. The quantitative estimate of drug-likeness (QED) is 0.549. The zero-order valence-corrected chi connectivity index (χ0v) is 7.97. The Kier molecular flexibility index (Phi) is 2.74. The van der Waals surface area contributed by atoms with Gasteiger partial charge in [-0.1, -0.05) is 0 Å². The first kappa shape index (κ1) is 9.93. The molecule has 1 fully saturated rings. The maximum atomic E-state index is 12.2. The standard InChI is InChI=1S/C5H8ClF2N2OP/c6-5(7,8)1-3-2-10(12)4(11)9-3/h3H,1-2,12H2,(H,9,11). The average molecular weight is 217 g/mol. The van der Waals surface area contributed by atoms with Crippen LogP contribution in [-0.4, -0.2) is 28.7 Å². The molecule has 2 unspecified atom stereocenters. The van der Waals surface area contributed by atoms with Gasteiger partial charge in [0.2, 0.25) is 0 Å². The van der Waals surface area contributed by atoms with Crippen molar-refractivity contribution in [1.29, 1.82) is 0 Å². The molecule has 0 spiro atoms. The molecule has 1 aliphatic rings. The van der Waals surface area contributed by atoms with E-state index in [0.29, 0.717) is 0 Å². The Morgan fingerprint density at radius 1 is 1.83 bits per heavy atom. The fourth-order valence-electron chi connectivity index (χ4n) is 1.02. The molecule has 3 nitrogen and oxygen atoms in total. The Morgan fingerprint density at radius 3 is 2.75 bits per heavy atom. The number of halogens is 3. The van der Waals surface area contributed by atoms with Crippen molar-refractivity contribution in [3.05, 3.63) is 0 Å². The fourth-order valence-corrected chi connectivity index (χ4v) is 1.53. The number of nitrogens with zero attached hydrogens (tertiary/aromatic N) is 1. The van der Waals surface area contributed by atoms with Crippen molar-refractivity contribution in [2.45, 2.75) is 17.8 Å². The third-order valence-corrected chi connectivity index (χ3v) is 2.08. The summed E-state index contributed by atoms with van der Waals surface area (Å²) in [7, 11) is 2.14. The maximum absolute atomic E-state index is 12.2. The second kappa shape index (κ2) is 3.30. The van der Waals surface area contributed by atoms with Crippen LogP contribution in [0, 0.1) is 0 Å². The Morgan fingerprint density at radius 2 is 2.42 bits per heavy atom. The number of amides is 2. The lowest BCUT2D eigenvalue weighted by atomic mass is 10.2. The molecule has 1 rings (SSSR count). The third kappa shape index (κ3) is 2.72. The van der Waals surface area contributed by atoms with Gasteiger partial charge in [-0.25, -0.2) is 4.79 Å². The van der Waals surface area contributed by atoms with Crippen molar-refractivity contribution in [1.82, 2.24) is 9.99 Å². The van der Waals surface area contributed by atoms with E-state index in [1.54, 1.807) is 0 Å². The van der Waals surface area contributed by atoms with Gasteiger partial charge in [-0.2, -0.15) is 8.78 Å². The van der Waals surface area contributed by atoms with Gasteiger partial charge in [-0.15, -0.1) is 0 Å². The van der Waals surface area contributed by atoms with Crippen LogP contribution >= 0.6 is 21.0 Å². The smallest absolute Gasteiger partial charge is 0.323 e. The zero-order chi connectivity index (χ0) is 9.35. The normalized spacial score (nSPS) is 24.5. The molecule has 0 aromatic rings. The van der Waals surface area contributed by atoms with Crippen LogP contribution in [0.15, 0.2) is 0 Å². The summed E-state index contributed by atoms with van der Waals surface area (Å²) < 4.78 is 25.7. The van der Waals surface area contributed by atoms with Gasteiger partial charge in [-0.3, -0.25) is 0 Å². The van der Waals surface area contributed by atoms with E-state index >= 15 is 0 Å². The Labute approximate surface area is 75.7 Å². The number of carbonyl (C=O) groups excluding carboxylic acids is 1. The van der Waals surface area contributed by atoms with Crippen molar-refractivity contribution in [2.75, 3.05) is 6.54 Å². The van der Waals surface area contributed by atoms with E-state index in [9.17, 15) is 13.6 Å². The molecule has 0 aromatic carbocycles. The molecule has 1 heterocycles. The summed E-state index contributed by atoms with van der Waals surface area (Å²) in [5, 5.41) is -0.880. The van der Waals surface area contributed by atoms with Gasteiger partial charge in [-0.05, 0) is 21.0 Å². The van der Waals surface area contributed by atoms with Crippen molar-refractivity contribution in [2.24, 2.45) is 0 Å². The first-order valence-electron chi connectivity index (χ1n) is 3.28. The number of hydrogen-bond donors (Lipinski definition) is 1. The van der Waals surface area contributed by atoms with Crippen LogP contribution in [0.5, 0.6) is 0 Å². The molecule has 0 radical (unpaired) electrons. The second-order valence-corrected chi connectivity index (χ2v) is 3.79. The predicted molar refractivity (Wildman–Crippen MR) is 44.2 cm³/mol. The lowest BCUT2D eigenvalue weighted by Crippen LogP contribution is -2.30. The van der Waals surface area contributed by atoms with Crippen LogP contribution in [0.3, 0.4) is 0 Å². The largest absolute Gasteiger partial charge is 0.333 e. The molecule has 0 saturated carbocycles. The highest BCUT2D eigenvalue weighted by Crippen LogP contribution is 2.27. The summed E-state index contributed by atoms with van der Waals surface area (Å²) in [6, 6.07) is -0.937. The first-order valence-corrected chi connectivity index (χ1v) is 4.17. The van der Waals surface area contributed by atoms with E-state index in [1.807, 2.05) is 0 Å². The molecule has 70 valence electrons. The summed E-state index contributed by atoms with van der Waals surface area (Å²) in [6.45, 7) is 0.242. The van der Waals surface area contributed by atoms with Crippen molar-refractivity contribution in [3.63, 3.8) is 0 Å². The molecule has 1 saturated heterocycles. The van der Waals surface area contributed by atoms with E-state index in [-0.39, 0.29) is 12.6 Å². The average Bonchev–Trinajstić information content (AvgIpc) is 2.07. The van der Waals surface area contributed by atoms with Gasteiger partial charge in [0.15, 0.2) is 0 Å². The van der Waals surface area contributed by atoms with Gasteiger partial charge < -0.3 is 9.99 Å². The van der Waals surface area contributed by atoms with Crippen LogP contribution in [0.4, 0.5) is 13.6 Å². The second-order valence-electron chi connectivity index (χ2n) is 2.62. The topological polar surface area (TPSA) is 32.3 Å². The molecule has 2 amide bonds. The molecule has 1 aliphatic heterocycles. The molecule has 0 aromatic heterocycles. The minimum Gasteiger partial charge on any atom is -0.333 e. The van der Waals surface area contributed by atoms with Gasteiger partial charge in [0, 0.05) is 13.0 Å². The third-order valence-electron chi connectivity index (χ3n) is 1.48. The Bertz CT molecular complexity index is 198. The van der Waals surface area contributed by atoms with Gasteiger partial charge in [0.25, 0.3) is 0 Å². The summed E-state index contributed by atoms with van der Waals surface area (Å²) >= 11 is 4.70. The van der Waals surface area contributed by atoms with Crippen LogP contribution in [0.25, 0.3) is 0 Å². The van der Waals surface area contributed by atoms with Crippen LogP contribution < -0.4 is 5.32 Å². The first-order chi connectivity index (χ1) is 5.38. The van der Waals surface area contributed by atoms with E-state index in [4.69, 9.17) is 11.6 Å². The number of urea groups is 1. The molecule has 0 bridgehead atoms. The zero-order valence-electron chi connectivity index (χ0n) is 6.06. The van der Waals surface area contributed by atoms with Crippen molar-refractivity contribution < 1.29 is 13.6 Å². The predicted octanol–water partition coefficient (Wildman–Crippen LogP) is 1.39. The van der Waals surface area contributed by atoms with Crippen LogP contribution in [0.1, 0.15) is 6.42 Å². The SMILES string of the molecule is O=C1NC(CC(F)(F)Cl)CN1P. The molecule has 12 heavy (non-hydrogen) atoms. The highest BCUT2D eigenvalue weighted by Gasteiger charge is 2.35. The Balaban J connectivity index is 2.43. The molecular weight excluding hydrogens is 208 g/mol. The fraction of sp³-hybridized carbons (Fsp3) is 0.800. The molecule has 1 N–H and O–H groups in total. The highest BCUT2D eigenvalue weighted by molar-refractivity contribution is 7.14. The molecule has 0 aliphatic carbocycles. The number of hydrogen-bond acceptors (Lipinski definition) is 1. The van der Waals surface area contributed by atoms with Crippen LogP contribution in [-0.2, 0) is 0 Å². The molecular formula is C5H8ClF2N2OP. The molecule has 2 atom stereocenters. The summed E-state index contributed by atoms with van der Waals surface area (Å²) in [5.41, 5.74) is 0. The van der Waals surface area contributed by atoms with Crippen LogP contribution in [0.2, 0.25) is 0 Å². The van der Waals surface area contributed by atoms with E-state index in [1.165, 1.54) is 4.67 Å². The lowest BCUT2D eigenvalue weighted by Gasteiger charge is -2.12. The minimum atomic E-state index is -3.24. The maximum Gasteiger partial charge on any atom is 0.323 e.